The molecule has 1 heterocycles. The summed E-state index contributed by atoms with van der Waals surface area (Å²) in [7, 11) is -3.18. The van der Waals surface area contributed by atoms with Gasteiger partial charge in [-0.1, -0.05) is 13.3 Å². The lowest BCUT2D eigenvalue weighted by Gasteiger charge is -2.34. The maximum atomic E-state index is 12.0. The van der Waals surface area contributed by atoms with Crippen molar-refractivity contribution < 1.29 is 18.0 Å². The minimum atomic E-state index is -3.18. The first kappa shape index (κ1) is 17.1. The molecule has 1 rings (SSSR count). The van der Waals surface area contributed by atoms with Gasteiger partial charge in [0.05, 0.1) is 5.75 Å². The number of rotatable bonds is 7. The van der Waals surface area contributed by atoms with E-state index < -0.39 is 10.0 Å². The van der Waals surface area contributed by atoms with Crippen LogP contribution in [0.5, 0.6) is 0 Å². The van der Waals surface area contributed by atoms with Crippen LogP contribution in [0.3, 0.4) is 0 Å². The molecular weight excluding hydrogens is 280 g/mol. The van der Waals surface area contributed by atoms with Crippen molar-refractivity contribution in [2.45, 2.75) is 39.5 Å². The molecular formula is C13H24N2O4S. The van der Waals surface area contributed by atoms with Crippen molar-refractivity contribution in [2.75, 3.05) is 31.9 Å². The van der Waals surface area contributed by atoms with E-state index in [1.807, 2.05) is 6.92 Å². The SMILES string of the molecule is CCCCS(=O)(=O)N1CCN(C(=O)CCC(C)=O)CC1. The maximum absolute atomic E-state index is 12.0. The van der Waals surface area contributed by atoms with Crippen molar-refractivity contribution in [3.8, 4) is 0 Å². The van der Waals surface area contributed by atoms with Gasteiger partial charge < -0.3 is 9.69 Å². The molecule has 1 fully saturated rings. The predicted octanol–water partition coefficient (Wildman–Crippen LogP) is 0.630. The normalized spacial score (nSPS) is 17.2. The summed E-state index contributed by atoms with van der Waals surface area (Å²) < 4.78 is 25.5. The maximum Gasteiger partial charge on any atom is 0.223 e. The molecule has 0 saturated carbocycles. The van der Waals surface area contributed by atoms with Crippen molar-refractivity contribution in [2.24, 2.45) is 0 Å². The fourth-order valence-corrected chi connectivity index (χ4v) is 3.74. The molecule has 0 atom stereocenters. The van der Waals surface area contributed by atoms with Crippen molar-refractivity contribution in [3.05, 3.63) is 0 Å². The molecule has 0 aromatic carbocycles. The van der Waals surface area contributed by atoms with E-state index >= 15 is 0 Å². The minimum absolute atomic E-state index is 0.000806. The van der Waals surface area contributed by atoms with E-state index in [1.165, 1.54) is 11.2 Å². The summed E-state index contributed by atoms with van der Waals surface area (Å²) in [6, 6.07) is 0. The Morgan fingerprint density at radius 2 is 1.65 bits per heavy atom. The van der Waals surface area contributed by atoms with E-state index in [9.17, 15) is 18.0 Å². The standard InChI is InChI=1S/C13H24N2O4S/c1-3-4-11-20(18,19)15-9-7-14(8-10-15)13(17)6-5-12(2)16/h3-11H2,1-2H3. The van der Waals surface area contributed by atoms with Crippen LogP contribution in [0.1, 0.15) is 39.5 Å². The van der Waals surface area contributed by atoms with Crippen LogP contribution in [-0.4, -0.2) is 61.2 Å². The summed E-state index contributed by atoms with van der Waals surface area (Å²) in [5, 5.41) is 0. The van der Waals surface area contributed by atoms with E-state index in [-0.39, 0.29) is 30.3 Å². The van der Waals surface area contributed by atoms with Crippen LogP contribution in [0.15, 0.2) is 0 Å². The smallest absolute Gasteiger partial charge is 0.223 e. The Hall–Kier alpha value is -0.950. The Labute approximate surface area is 121 Å². The first-order valence-corrected chi connectivity index (χ1v) is 8.72. The van der Waals surface area contributed by atoms with Gasteiger partial charge in [-0.15, -0.1) is 0 Å². The molecule has 1 saturated heterocycles. The monoisotopic (exact) mass is 304 g/mol. The predicted molar refractivity (Wildman–Crippen MR) is 76.8 cm³/mol. The highest BCUT2D eigenvalue weighted by Crippen LogP contribution is 2.11. The number of unbranched alkanes of at least 4 members (excludes halogenated alkanes) is 1. The molecule has 0 aliphatic carbocycles. The van der Waals surface area contributed by atoms with E-state index in [4.69, 9.17) is 0 Å². The Morgan fingerprint density at radius 3 is 2.15 bits per heavy atom. The van der Waals surface area contributed by atoms with E-state index in [0.29, 0.717) is 32.6 Å². The molecule has 0 bridgehead atoms. The number of piperazine rings is 1. The molecule has 7 heteroatoms. The molecule has 0 N–H and O–H groups in total. The van der Waals surface area contributed by atoms with Crippen LogP contribution in [-0.2, 0) is 19.6 Å². The van der Waals surface area contributed by atoms with E-state index in [2.05, 4.69) is 0 Å². The van der Waals surface area contributed by atoms with Gasteiger partial charge in [0, 0.05) is 39.0 Å². The van der Waals surface area contributed by atoms with Crippen molar-refractivity contribution in [3.63, 3.8) is 0 Å². The molecule has 6 nitrogen and oxygen atoms in total. The molecule has 1 amide bonds. The van der Waals surface area contributed by atoms with Crippen LogP contribution < -0.4 is 0 Å². The third kappa shape index (κ3) is 5.20. The fraction of sp³-hybridized carbons (Fsp3) is 0.846. The number of hydrogen-bond donors (Lipinski definition) is 0. The fourth-order valence-electron chi connectivity index (χ4n) is 2.11. The Balaban J connectivity index is 2.43. The lowest BCUT2D eigenvalue weighted by atomic mass is 10.2. The zero-order valence-electron chi connectivity index (χ0n) is 12.3. The average molecular weight is 304 g/mol. The number of hydrogen-bond acceptors (Lipinski definition) is 4. The van der Waals surface area contributed by atoms with Gasteiger partial charge in [0.2, 0.25) is 15.9 Å². The van der Waals surface area contributed by atoms with Crippen LogP contribution in [0.4, 0.5) is 0 Å². The summed E-state index contributed by atoms with van der Waals surface area (Å²) in [6.07, 6.45) is 1.99. The van der Waals surface area contributed by atoms with Gasteiger partial charge in [-0.25, -0.2) is 8.42 Å². The third-order valence-electron chi connectivity index (χ3n) is 3.43. The summed E-state index contributed by atoms with van der Waals surface area (Å²) >= 11 is 0. The molecule has 116 valence electrons. The number of ketones is 1. The van der Waals surface area contributed by atoms with Gasteiger partial charge in [0.25, 0.3) is 0 Å². The van der Waals surface area contributed by atoms with Gasteiger partial charge in [-0.05, 0) is 13.3 Å². The molecule has 0 unspecified atom stereocenters. The first-order chi connectivity index (χ1) is 9.36. The number of sulfonamides is 1. The number of nitrogens with zero attached hydrogens (tertiary/aromatic N) is 2. The van der Waals surface area contributed by atoms with Gasteiger partial charge in [-0.3, -0.25) is 4.79 Å². The van der Waals surface area contributed by atoms with Crippen molar-refractivity contribution in [1.29, 1.82) is 0 Å². The van der Waals surface area contributed by atoms with Crippen molar-refractivity contribution in [1.82, 2.24) is 9.21 Å². The quantitative estimate of drug-likeness (QED) is 0.691. The van der Waals surface area contributed by atoms with Crippen LogP contribution in [0.25, 0.3) is 0 Å². The molecule has 0 spiro atoms. The number of Topliss-reactive ketones (excluding diaryl/α,β-unsaturated/α-hetero) is 1. The topological polar surface area (TPSA) is 74.8 Å². The van der Waals surface area contributed by atoms with E-state index in [1.54, 1.807) is 4.90 Å². The molecule has 0 aromatic heterocycles. The number of carbonyl (C=O) groups excluding carboxylic acids is 2. The zero-order valence-corrected chi connectivity index (χ0v) is 13.1. The van der Waals surface area contributed by atoms with Crippen LogP contribution in [0.2, 0.25) is 0 Å². The lowest BCUT2D eigenvalue weighted by Crippen LogP contribution is -2.51. The van der Waals surface area contributed by atoms with Gasteiger partial charge >= 0.3 is 0 Å². The second-order valence-corrected chi connectivity index (χ2v) is 7.24. The Kier molecular flexibility index (Phi) is 6.61. The molecule has 0 aromatic rings. The summed E-state index contributed by atoms with van der Waals surface area (Å²) in [4.78, 5) is 24.3. The molecule has 1 aliphatic rings. The highest BCUT2D eigenvalue weighted by Gasteiger charge is 2.28. The average Bonchev–Trinajstić information content (AvgIpc) is 2.42. The summed E-state index contributed by atoms with van der Waals surface area (Å²) in [5.41, 5.74) is 0. The minimum Gasteiger partial charge on any atom is -0.340 e. The Bertz CT molecular complexity index is 439. The largest absolute Gasteiger partial charge is 0.340 e. The highest BCUT2D eigenvalue weighted by atomic mass is 32.2. The second kappa shape index (κ2) is 7.73. The molecule has 20 heavy (non-hydrogen) atoms. The zero-order chi connectivity index (χ0) is 15.2. The highest BCUT2D eigenvalue weighted by molar-refractivity contribution is 7.89. The van der Waals surface area contributed by atoms with Crippen LogP contribution >= 0.6 is 0 Å². The summed E-state index contributed by atoms with van der Waals surface area (Å²) in [6.45, 7) is 4.98. The van der Waals surface area contributed by atoms with Gasteiger partial charge in [-0.2, -0.15) is 4.31 Å². The second-order valence-electron chi connectivity index (χ2n) is 5.15. The van der Waals surface area contributed by atoms with Gasteiger partial charge in [0.1, 0.15) is 5.78 Å². The summed E-state index contributed by atoms with van der Waals surface area (Å²) in [5.74, 6) is 0.117. The third-order valence-corrected chi connectivity index (χ3v) is 5.39. The van der Waals surface area contributed by atoms with Gasteiger partial charge in [0.15, 0.2) is 0 Å². The Morgan fingerprint density at radius 1 is 1.05 bits per heavy atom. The van der Waals surface area contributed by atoms with Crippen molar-refractivity contribution >= 4 is 21.7 Å². The molecule has 1 aliphatic heterocycles. The molecule has 0 radical (unpaired) electrons. The number of amides is 1. The van der Waals surface area contributed by atoms with E-state index in [0.717, 1.165) is 6.42 Å². The first-order valence-electron chi connectivity index (χ1n) is 7.12. The lowest BCUT2D eigenvalue weighted by molar-refractivity contribution is -0.134. The van der Waals surface area contributed by atoms with Crippen LogP contribution in [0, 0.1) is 0 Å². The number of carbonyl (C=O) groups is 2.